The van der Waals surface area contributed by atoms with E-state index in [2.05, 4.69) is 13.8 Å². The first-order valence-electron chi connectivity index (χ1n) is 7.30. The van der Waals surface area contributed by atoms with Gasteiger partial charge in [-0.1, -0.05) is 26.7 Å². The van der Waals surface area contributed by atoms with Gasteiger partial charge in [-0.2, -0.15) is 0 Å². The summed E-state index contributed by atoms with van der Waals surface area (Å²) in [5.41, 5.74) is 0. The largest absolute Gasteiger partial charge is 0.369 e. The molecule has 0 saturated carbocycles. The van der Waals surface area contributed by atoms with Gasteiger partial charge in [0.15, 0.2) is 0 Å². The molecule has 4 nitrogen and oxygen atoms in total. The van der Waals surface area contributed by atoms with E-state index in [0.717, 1.165) is 12.5 Å². The summed E-state index contributed by atoms with van der Waals surface area (Å²) in [4.78, 5) is 0. The van der Waals surface area contributed by atoms with Crippen LogP contribution >= 0.6 is 0 Å². The van der Waals surface area contributed by atoms with Gasteiger partial charge in [0.1, 0.15) is 12.7 Å². The summed E-state index contributed by atoms with van der Waals surface area (Å²) in [6, 6.07) is 0. The molecule has 0 aromatic carbocycles. The zero-order valence-corrected chi connectivity index (χ0v) is 11.4. The molecule has 3 atom stereocenters. The summed E-state index contributed by atoms with van der Waals surface area (Å²) in [6.07, 6.45) is 3.83. The Morgan fingerprint density at radius 3 is 2.50 bits per heavy atom. The minimum Gasteiger partial charge on any atom is -0.369 e. The van der Waals surface area contributed by atoms with Crippen LogP contribution in [-0.4, -0.2) is 44.4 Å². The normalized spacial score (nSPS) is 37.8. The summed E-state index contributed by atoms with van der Waals surface area (Å²) in [7, 11) is 0. The predicted molar refractivity (Wildman–Crippen MR) is 66.3 cm³/mol. The summed E-state index contributed by atoms with van der Waals surface area (Å²) in [5, 5.41) is 0. The third-order valence-electron chi connectivity index (χ3n) is 4.73. The van der Waals surface area contributed by atoms with Crippen molar-refractivity contribution < 1.29 is 18.9 Å². The van der Waals surface area contributed by atoms with E-state index >= 15 is 0 Å². The first-order chi connectivity index (χ1) is 8.79. The number of fused-ring (bicyclic) bond motifs is 2. The van der Waals surface area contributed by atoms with Crippen molar-refractivity contribution in [2.24, 2.45) is 11.8 Å². The Labute approximate surface area is 109 Å². The van der Waals surface area contributed by atoms with Crippen LogP contribution in [-0.2, 0) is 18.9 Å². The summed E-state index contributed by atoms with van der Waals surface area (Å²) >= 11 is 0. The maximum Gasteiger partial charge on any atom is 0.221 e. The van der Waals surface area contributed by atoms with Gasteiger partial charge in [0.25, 0.3) is 0 Å². The van der Waals surface area contributed by atoms with Crippen LogP contribution in [0.25, 0.3) is 0 Å². The third-order valence-corrected chi connectivity index (χ3v) is 4.73. The second-order valence-corrected chi connectivity index (χ2v) is 5.72. The molecule has 0 aliphatic carbocycles. The van der Waals surface area contributed by atoms with E-state index in [-0.39, 0.29) is 12.2 Å². The van der Waals surface area contributed by atoms with E-state index < -0.39 is 5.79 Å². The monoisotopic (exact) mass is 256 g/mol. The highest BCUT2D eigenvalue weighted by Gasteiger charge is 2.60. The van der Waals surface area contributed by atoms with Crippen LogP contribution in [0.3, 0.4) is 0 Å². The van der Waals surface area contributed by atoms with Crippen molar-refractivity contribution in [1.29, 1.82) is 0 Å². The third kappa shape index (κ3) is 1.99. The summed E-state index contributed by atoms with van der Waals surface area (Å²) < 4.78 is 23.4. The van der Waals surface area contributed by atoms with E-state index in [0.29, 0.717) is 25.7 Å². The van der Waals surface area contributed by atoms with Crippen molar-refractivity contribution >= 4 is 0 Å². The smallest absolute Gasteiger partial charge is 0.221 e. The Morgan fingerprint density at radius 2 is 1.83 bits per heavy atom. The zero-order valence-electron chi connectivity index (χ0n) is 11.4. The van der Waals surface area contributed by atoms with Crippen LogP contribution in [0, 0.1) is 11.8 Å². The fraction of sp³-hybridized carbons (Fsp3) is 1.00. The molecule has 0 aromatic rings. The number of hydrogen-bond acceptors (Lipinski definition) is 4. The van der Waals surface area contributed by atoms with Gasteiger partial charge >= 0.3 is 0 Å². The number of ether oxygens (including phenoxy) is 4. The molecule has 3 heterocycles. The Balaban J connectivity index is 1.65. The van der Waals surface area contributed by atoms with Crippen LogP contribution in [0.2, 0.25) is 0 Å². The quantitative estimate of drug-likeness (QED) is 0.770. The molecule has 3 fully saturated rings. The van der Waals surface area contributed by atoms with Crippen LogP contribution < -0.4 is 0 Å². The fourth-order valence-corrected chi connectivity index (χ4v) is 3.53. The van der Waals surface area contributed by atoms with Gasteiger partial charge in [0.05, 0.1) is 25.9 Å². The second-order valence-electron chi connectivity index (χ2n) is 5.72. The van der Waals surface area contributed by atoms with E-state index in [1.165, 1.54) is 19.3 Å². The van der Waals surface area contributed by atoms with Crippen LogP contribution in [0.1, 0.15) is 33.1 Å². The minimum atomic E-state index is -0.590. The Hall–Kier alpha value is -0.160. The standard InChI is InChI=1S/C14H24O4/c1-3-10(4-2)7-11-8-15-13-12(11)16-9-14(13)17-5-6-18-14/h10-13H,3-9H2,1-2H3. The highest BCUT2D eigenvalue weighted by atomic mass is 16.8. The molecule has 3 aliphatic heterocycles. The molecule has 1 spiro atoms. The van der Waals surface area contributed by atoms with Gasteiger partial charge in [0.2, 0.25) is 5.79 Å². The lowest BCUT2D eigenvalue weighted by atomic mass is 9.87. The molecular weight excluding hydrogens is 232 g/mol. The zero-order chi connectivity index (χ0) is 12.6. The predicted octanol–water partition coefficient (Wildman–Crippen LogP) is 1.97. The number of hydrogen-bond donors (Lipinski definition) is 0. The van der Waals surface area contributed by atoms with Gasteiger partial charge < -0.3 is 18.9 Å². The lowest BCUT2D eigenvalue weighted by molar-refractivity contribution is -0.206. The molecular formula is C14H24O4. The van der Waals surface area contributed by atoms with E-state index in [1.807, 2.05) is 0 Å². The number of rotatable bonds is 4. The maximum absolute atomic E-state index is 5.94. The van der Waals surface area contributed by atoms with Crippen molar-refractivity contribution in [2.45, 2.75) is 51.1 Å². The minimum absolute atomic E-state index is 0.0145. The van der Waals surface area contributed by atoms with Crippen LogP contribution in [0.5, 0.6) is 0 Å². The summed E-state index contributed by atoms with van der Waals surface area (Å²) in [5.74, 6) is 0.697. The Kier molecular flexibility index (Phi) is 3.63. The van der Waals surface area contributed by atoms with Crippen LogP contribution in [0.4, 0.5) is 0 Å². The molecule has 104 valence electrons. The molecule has 3 saturated heterocycles. The molecule has 18 heavy (non-hydrogen) atoms. The molecule has 0 amide bonds. The van der Waals surface area contributed by atoms with Gasteiger partial charge in [-0.05, 0) is 12.3 Å². The second kappa shape index (κ2) is 5.08. The lowest BCUT2D eigenvalue weighted by Gasteiger charge is -2.25. The van der Waals surface area contributed by atoms with Crippen molar-refractivity contribution in [2.75, 3.05) is 26.4 Å². The first kappa shape index (κ1) is 12.9. The van der Waals surface area contributed by atoms with Crippen molar-refractivity contribution in [3.05, 3.63) is 0 Å². The highest BCUT2D eigenvalue weighted by Crippen LogP contribution is 2.43. The average Bonchev–Trinajstić information content (AvgIpc) is 3.08. The SMILES string of the molecule is CCC(CC)CC1COC2C1OCC21OCCO1. The maximum atomic E-state index is 5.94. The topological polar surface area (TPSA) is 36.9 Å². The van der Waals surface area contributed by atoms with Gasteiger partial charge in [-0.15, -0.1) is 0 Å². The molecule has 3 rings (SSSR count). The van der Waals surface area contributed by atoms with E-state index in [1.54, 1.807) is 0 Å². The molecule has 3 unspecified atom stereocenters. The van der Waals surface area contributed by atoms with Gasteiger partial charge in [-0.25, -0.2) is 0 Å². The fourth-order valence-electron chi connectivity index (χ4n) is 3.53. The molecule has 0 N–H and O–H groups in total. The molecule has 0 radical (unpaired) electrons. The first-order valence-corrected chi connectivity index (χ1v) is 7.30. The van der Waals surface area contributed by atoms with Crippen molar-refractivity contribution in [3.63, 3.8) is 0 Å². The van der Waals surface area contributed by atoms with Gasteiger partial charge in [-0.3, -0.25) is 0 Å². The van der Waals surface area contributed by atoms with E-state index in [4.69, 9.17) is 18.9 Å². The highest BCUT2D eigenvalue weighted by molar-refractivity contribution is 5.01. The van der Waals surface area contributed by atoms with Crippen molar-refractivity contribution in [1.82, 2.24) is 0 Å². The summed E-state index contributed by atoms with van der Waals surface area (Å²) in [6.45, 7) is 7.17. The molecule has 4 heteroatoms. The molecule has 0 aromatic heterocycles. The van der Waals surface area contributed by atoms with E-state index in [9.17, 15) is 0 Å². The van der Waals surface area contributed by atoms with Gasteiger partial charge in [0, 0.05) is 5.92 Å². The molecule has 3 aliphatic rings. The Bertz CT molecular complexity index is 284. The van der Waals surface area contributed by atoms with Crippen molar-refractivity contribution in [3.8, 4) is 0 Å². The lowest BCUT2D eigenvalue weighted by Crippen LogP contribution is -2.44. The Morgan fingerprint density at radius 1 is 1.11 bits per heavy atom. The van der Waals surface area contributed by atoms with Crippen LogP contribution in [0.15, 0.2) is 0 Å². The molecule has 0 bridgehead atoms. The average molecular weight is 256 g/mol.